The molecule has 0 aliphatic heterocycles. The third-order valence-electron chi connectivity index (χ3n) is 4.36. The molecule has 18 heavy (non-hydrogen) atoms. The zero-order valence-corrected chi connectivity index (χ0v) is 12.7. The van der Waals surface area contributed by atoms with Gasteiger partial charge in [0.15, 0.2) is 0 Å². The first-order valence-corrected chi connectivity index (χ1v) is 7.57. The zero-order valence-electron chi connectivity index (χ0n) is 12.7. The van der Waals surface area contributed by atoms with Gasteiger partial charge in [0.05, 0.1) is 12.1 Å². The summed E-state index contributed by atoms with van der Waals surface area (Å²) in [6.45, 7) is 8.77. The lowest BCUT2D eigenvalue weighted by molar-refractivity contribution is 0.0926. The van der Waals surface area contributed by atoms with E-state index in [0.717, 1.165) is 25.4 Å². The highest BCUT2D eigenvalue weighted by Crippen LogP contribution is 2.27. The van der Waals surface area contributed by atoms with E-state index in [1.54, 1.807) is 0 Å². The monoisotopic (exact) mass is 256 g/mol. The average molecular weight is 256 g/mol. The summed E-state index contributed by atoms with van der Waals surface area (Å²) in [5.41, 5.74) is -0.159. The number of nitrogens with one attached hydrogen (secondary N) is 1. The second kappa shape index (κ2) is 7.46. The van der Waals surface area contributed by atoms with Gasteiger partial charge in [-0.05, 0) is 58.5 Å². The molecule has 0 spiro atoms. The summed E-state index contributed by atoms with van der Waals surface area (Å²) >= 11 is 0. The van der Waals surface area contributed by atoms with Crippen LogP contribution in [0.5, 0.6) is 0 Å². The molecule has 2 N–H and O–H groups in total. The smallest absolute Gasteiger partial charge is 0.0623 e. The second-order valence-corrected chi connectivity index (χ2v) is 6.47. The summed E-state index contributed by atoms with van der Waals surface area (Å²) in [7, 11) is 2.21. The molecule has 0 aromatic carbocycles. The van der Waals surface area contributed by atoms with Crippen molar-refractivity contribution < 1.29 is 5.11 Å². The van der Waals surface area contributed by atoms with E-state index in [-0.39, 0.29) is 12.1 Å². The minimum Gasteiger partial charge on any atom is -0.394 e. The lowest BCUT2D eigenvalue weighted by atomic mass is 9.86. The third kappa shape index (κ3) is 4.87. The Morgan fingerprint density at radius 2 is 1.89 bits per heavy atom. The molecule has 108 valence electrons. The van der Waals surface area contributed by atoms with E-state index in [9.17, 15) is 5.11 Å². The predicted molar refractivity (Wildman–Crippen MR) is 77.8 cm³/mol. The lowest BCUT2D eigenvalue weighted by Gasteiger charge is -2.39. The number of nitrogens with zero attached hydrogens (tertiary/aromatic N) is 1. The first-order valence-electron chi connectivity index (χ1n) is 7.57. The molecule has 0 heterocycles. The number of likely N-dealkylation sites (N-methyl/N-ethyl adjacent to an activating group) is 1. The second-order valence-electron chi connectivity index (χ2n) is 6.47. The van der Waals surface area contributed by atoms with E-state index in [4.69, 9.17) is 0 Å². The largest absolute Gasteiger partial charge is 0.394 e. The lowest BCUT2D eigenvalue weighted by Crippen LogP contribution is -2.55. The van der Waals surface area contributed by atoms with Crippen molar-refractivity contribution in [3.05, 3.63) is 0 Å². The maximum Gasteiger partial charge on any atom is 0.0623 e. The van der Waals surface area contributed by atoms with E-state index in [2.05, 4.69) is 38.0 Å². The molecule has 0 bridgehead atoms. The van der Waals surface area contributed by atoms with Crippen LogP contribution in [0.25, 0.3) is 0 Å². The van der Waals surface area contributed by atoms with Crippen molar-refractivity contribution in [1.29, 1.82) is 0 Å². The van der Waals surface area contributed by atoms with E-state index in [1.165, 1.54) is 25.7 Å². The number of aliphatic hydroxyl groups excluding tert-OH is 1. The predicted octanol–water partition coefficient (Wildman–Crippen LogP) is 2.25. The Balaban J connectivity index is 2.43. The van der Waals surface area contributed by atoms with E-state index < -0.39 is 0 Å². The van der Waals surface area contributed by atoms with Gasteiger partial charge < -0.3 is 15.3 Å². The van der Waals surface area contributed by atoms with Crippen molar-refractivity contribution in [2.75, 3.05) is 26.7 Å². The van der Waals surface area contributed by atoms with Crippen LogP contribution in [0.3, 0.4) is 0 Å². The normalized spacial score (nSPS) is 28.3. The molecule has 1 aliphatic carbocycles. The average Bonchev–Trinajstić information content (AvgIpc) is 2.37. The van der Waals surface area contributed by atoms with Gasteiger partial charge in [-0.2, -0.15) is 0 Å². The zero-order chi connectivity index (χ0) is 13.6. The molecule has 1 unspecified atom stereocenters. The molecule has 0 amide bonds. The molecular weight excluding hydrogens is 224 g/mol. The van der Waals surface area contributed by atoms with Crippen molar-refractivity contribution in [1.82, 2.24) is 10.2 Å². The molecule has 0 saturated heterocycles. The van der Waals surface area contributed by atoms with Crippen molar-refractivity contribution in [2.45, 2.75) is 64.5 Å². The van der Waals surface area contributed by atoms with Gasteiger partial charge >= 0.3 is 0 Å². The first kappa shape index (κ1) is 15.9. The molecule has 1 atom stereocenters. The van der Waals surface area contributed by atoms with Gasteiger partial charge in [-0.25, -0.2) is 0 Å². The van der Waals surface area contributed by atoms with Crippen LogP contribution in [0, 0.1) is 5.92 Å². The van der Waals surface area contributed by atoms with E-state index >= 15 is 0 Å². The molecule has 3 nitrogen and oxygen atoms in total. The Kier molecular flexibility index (Phi) is 6.61. The van der Waals surface area contributed by atoms with Crippen molar-refractivity contribution in [3.63, 3.8) is 0 Å². The number of hydrogen-bond donors (Lipinski definition) is 2. The van der Waals surface area contributed by atoms with Crippen LogP contribution in [0.2, 0.25) is 0 Å². The Labute approximate surface area is 113 Å². The van der Waals surface area contributed by atoms with Crippen LogP contribution < -0.4 is 5.32 Å². The third-order valence-corrected chi connectivity index (χ3v) is 4.36. The van der Waals surface area contributed by atoms with Crippen LogP contribution in [0.1, 0.15) is 52.9 Å². The number of hydrogen-bond acceptors (Lipinski definition) is 3. The minimum atomic E-state index is -0.159. The number of aliphatic hydroxyl groups is 1. The summed E-state index contributed by atoms with van der Waals surface area (Å²) in [5.74, 6) is 0.900. The molecule has 3 heteroatoms. The van der Waals surface area contributed by atoms with Gasteiger partial charge in [-0.3, -0.25) is 0 Å². The van der Waals surface area contributed by atoms with Crippen LogP contribution >= 0.6 is 0 Å². The maximum absolute atomic E-state index is 9.61. The van der Waals surface area contributed by atoms with E-state index in [1.807, 2.05) is 0 Å². The fourth-order valence-electron chi connectivity index (χ4n) is 2.95. The molecule has 1 aliphatic rings. The van der Waals surface area contributed by atoms with Crippen molar-refractivity contribution >= 4 is 0 Å². The quantitative estimate of drug-likeness (QED) is 0.733. The molecule has 0 radical (unpaired) electrons. The number of rotatable bonds is 7. The van der Waals surface area contributed by atoms with Crippen molar-refractivity contribution in [3.8, 4) is 0 Å². The molecule has 1 rings (SSSR count). The van der Waals surface area contributed by atoms with Gasteiger partial charge in [0, 0.05) is 12.6 Å². The van der Waals surface area contributed by atoms with Crippen LogP contribution in [-0.4, -0.2) is 48.3 Å². The molecule has 0 aromatic heterocycles. The Morgan fingerprint density at radius 3 is 2.39 bits per heavy atom. The highest BCUT2D eigenvalue weighted by Gasteiger charge is 2.28. The first-order chi connectivity index (χ1) is 8.50. The van der Waals surface area contributed by atoms with Gasteiger partial charge in [0.2, 0.25) is 0 Å². The molecular formula is C15H32N2O. The van der Waals surface area contributed by atoms with Gasteiger partial charge in [-0.1, -0.05) is 13.8 Å². The highest BCUT2D eigenvalue weighted by atomic mass is 16.3. The summed E-state index contributed by atoms with van der Waals surface area (Å²) < 4.78 is 0. The van der Waals surface area contributed by atoms with Gasteiger partial charge in [-0.15, -0.1) is 0 Å². The van der Waals surface area contributed by atoms with Gasteiger partial charge in [0.1, 0.15) is 0 Å². The van der Waals surface area contributed by atoms with Crippen LogP contribution in [0.15, 0.2) is 0 Å². The fourth-order valence-corrected chi connectivity index (χ4v) is 2.95. The molecule has 0 aromatic rings. The highest BCUT2D eigenvalue weighted by molar-refractivity contribution is 4.88. The summed E-state index contributed by atoms with van der Waals surface area (Å²) in [5, 5.41) is 13.1. The van der Waals surface area contributed by atoms with Gasteiger partial charge in [0.25, 0.3) is 0 Å². The standard InChI is InChI=1S/C15H32N2O/c1-5-10-16-15(3,12-18)11-17(4)14-8-6-13(2)7-9-14/h13-14,16,18H,5-12H2,1-4H3. The summed E-state index contributed by atoms with van der Waals surface area (Å²) in [6, 6.07) is 0.704. The minimum absolute atomic E-state index is 0.159. The Hall–Kier alpha value is -0.120. The van der Waals surface area contributed by atoms with E-state index in [0.29, 0.717) is 6.04 Å². The fraction of sp³-hybridized carbons (Fsp3) is 1.00. The Bertz CT molecular complexity index is 227. The topological polar surface area (TPSA) is 35.5 Å². The SMILES string of the molecule is CCCNC(C)(CO)CN(C)C1CCC(C)CC1. The maximum atomic E-state index is 9.61. The van der Waals surface area contributed by atoms with Crippen molar-refractivity contribution in [2.24, 2.45) is 5.92 Å². The van der Waals surface area contributed by atoms with Crippen LogP contribution in [0.4, 0.5) is 0 Å². The Morgan fingerprint density at radius 1 is 1.28 bits per heavy atom. The van der Waals surface area contributed by atoms with Crippen LogP contribution in [-0.2, 0) is 0 Å². The summed E-state index contributed by atoms with van der Waals surface area (Å²) in [6.07, 6.45) is 6.45. The molecule has 1 fully saturated rings. The molecule has 1 saturated carbocycles. The summed E-state index contributed by atoms with van der Waals surface area (Å²) in [4.78, 5) is 2.45.